The molecule has 11 rings (SSSR count). The fourth-order valence-electron chi connectivity index (χ4n) is 9.60. The molecule has 7 heterocycles. The van der Waals surface area contributed by atoms with Crippen molar-refractivity contribution in [1.29, 1.82) is 0 Å². The van der Waals surface area contributed by atoms with Crippen molar-refractivity contribution >= 4 is 45.3 Å². The van der Waals surface area contributed by atoms with Gasteiger partial charge >= 0.3 is 0 Å². The number of hydrogen-bond donors (Lipinski definition) is 3. The standard InChI is InChI=1S/C27H34N6O4.C25H32N6O3/c1-3-22(4-2-20(1)32-27-30-15-23(16-31-27)36-10-5-19-17-35-18-19)37-25-14-21(33-8-11-34-12-9-33)13-24-26(25)29-7-6-28-24;1-25(2,32)17-15-28-24(29-16-17)30-18-3-5-20(6-4-18)34-22-14-19(31-9-11-33-12-10-31)13-21-23(22)27-8-7-26-21/h6-7,13-16,19-20,22H,1-5,8-12,17-18H2,(H,30,31,32);7-8,13-16,18,20,32H,3-6,9-12H2,1-2H3,(H,28,29,30). The van der Waals surface area contributed by atoms with Gasteiger partial charge in [0.2, 0.25) is 11.9 Å². The van der Waals surface area contributed by atoms with Crippen molar-refractivity contribution in [2.45, 2.75) is 102 Å². The smallest absolute Gasteiger partial charge is 0.223 e. The third-order valence-electron chi connectivity index (χ3n) is 13.9. The molecule has 19 heteroatoms. The molecule has 0 amide bonds. The van der Waals surface area contributed by atoms with E-state index in [4.69, 9.17) is 28.4 Å². The molecule has 71 heavy (non-hydrogen) atoms. The third kappa shape index (κ3) is 12.8. The van der Waals surface area contributed by atoms with Crippen molar-refractivity contribution in [2.24, 2.45) is 5.92 Å². The van der Waals surface area contributed by atoms with Crippen LogP contribution in [0.3, 0.4) is 0 Å². The second-order valence-corrected chi connectivity index (χ2v) is 19.5. The third-order valence-corrected chi connectivity index (χ3v) is 13.9. The summed E-state index contributed by atoms with van der Waals surface area (Å²) in [6.07, 6.45) is 22.7. The van der Waals surface area contributed by atoms with E-state index >= 15 is 0 Å². The van der Waals surface area contributed by atoms with Crippen LogP contribution in [0.4, 0.5) is 23.3 Å². The number of aromatic nitrogens is 8. The molecule has 2 aliphatic carbocycles. The highest BCUT2D eigenvalue weighted by Gasteiger charge is 2.27. The Hall–Kier alpha value is -6.28. The highest BCUT2D eigenvalue weighted by molar-refractivity contribution is 5.86. The molecule has 3 saturated heterocycles. The summed E-state index contributed by atoms with van der Waals surface area (Å²) < 4.78 is 35.0. The van der Waals surface area contributed by atoms with E-state index in [1.54, 1.807) is 63.4 Å². The first-order valence-electron chi connectivity index (χ1n) is 25.3. The molecule has 5 aliphatic rings. The second kappa shape index (κ2) is 22.9. The normalized spacial score (nSPS) is 22.0. The Morgan fingerprint density at radius 1 is 0.577 bits per heavy atom. The first kappa shape index (κ1) is 48.4. The van der Waals surface area contributed by atoms with Crippen LogP contribution in [0.2, 0.25) is 0 Å². The minimum atomic E-state index is -0.943. The average molecular weight is 971 g/mol. The summed E-state index contributed by atoms with van der Waals surface area (Å²) in [6.45, 7) is 12.2. The van der Waals surface area contributed by atoms with E-state index < -0.39 is 5.60 Å². The van der Waals surface area contributed by atoms with Gasteiger partial charge in [-0.1, -0.05) is 0 Å². The van der Waals surface area contributed by atoms with E-state index in [2.05, 4.69) is 84.6 Å². The van der Waals surface area contributed by atoms with E-state index in [1.807, 2.05) is 0 Å². The number of rotatable bonds is 15. The summed E-state index contributed by atoms with van der Waals surface area (Å²) in [5, 5.41) is 17.0. The number of hydrogen-bond acceptors (Lipinski definition) is 19. The van der Waals surface area contributed by atoms with Gasteiger partial charge in [0.1, 0.15) is 22.5 Å². The van der Waals surface area contributed by atoms with Crippen molar-refractivity contribution < 1.29 is 33.5 Å². The van der Waals surface area contributed by atoms with Crippen molar-refractivity contribution in [3.8, 4) is 17.2 Å². The summed E-state index contributed by atoms with van der Waals surface area (Å²) in [7, 11) is 0. The zero-order valence-electron chi connectivity index (χ0n) is 40.8. The predicted molar refractivity (Wildman–Crippen MR) is 269 cm³/mol. The zero-order chi connectivity index (χ0) is 48.4. The number of fused-ring (bicyclic) bond motifs is 2. The number of aliphatic hydroxyl groups is 1. The molecule has 2 saturated carbocycles. The molecule has 2 aromatic carbocycles. The van der Waals surface area contributed by atoms with Gasteiger partial charge in [-0.05, 0) is 83.8 Å². The van der Waals surface area contributed by atoms with Crippen LogP contribution in [0.25, 0.3) is 22.1 Å². The number of benzene rings is 2. The van der Waals surface area contributed by atoms with Crippen LogP contribution >= 0.6 is 0 Å². The fourth-order valence-corrected chi connectivity index (χ4v) is 9.60. The summed E-state index contributed by atoms with van der Waals surface area (Å²) in [4.78, 5) is 40.5. The monoisotopic (exact) mass is 971 g/mol. The van der Waals surface area contributed by atoms with Gasteiger partial charge in [-0.15, -0.1) is 0 Å². The molecule has 5 fully saturated rings. The van der Waals surface area contributed by atoms with E-state index in [1.165, 1.54) is 0 Å². The van der Waals surface area contributed by atoms with E-state index in [0.29, 0.717) is 47.8 Å². The molecule has 0 unspecified atom stereocenters. The molecule has 0 bridgehead atoms. The molecule has 3 aliphatic heterocycles. The van der Waals surface area contributed by atoms with Gasteiger partial charge in [-0.2, -0.15) is 0 Å². The van der Waals surface area contributed by atoms with Gasteiger partial charge < -0.3 is 54.0 Å². The maximum Gasteiger partial charge on any atom is 0.223 e. The number of morpholine rings is 2. The van der Waals surface area contributed by atoms with Gasteiger partial charge in [0.05, 0.1) is 87.5 Å². The lowest BCUT2D eigenvalue weighted by atomic mass is 9.93. The fraction of sp³-hybridized carbons (Fsp3) is 0.538. The van der Waals surface area contributed by atoms with E-state index in [0.717, 1.165) is 169 Å². The Balaban J connectivity index is 0.000000165. The van der Waals surface area contributed by atoms with Gasteiger partial charge in [-0.3, -0.25) is 9.97 Å². The molecule has 0 spiro atoms. The van der Waals surface area contributed by atoms with Gasteiger partial charge in [0, 0.05) is 110 Å². The maximum absolute atomic E-state index is 10.1. The topological polar surface area (TPSA) is 209 Å². The first-order chi connectivity index (χ1) is 34.8. The van der Waals surface area contributed by atoms with Crippen LogP contribution in [0, 0.1) is 5.92 Å². The predicted octanol–water partition coefficient (Wildman–Crippen LogP) is 6.76. The number of anilines is 4. The van der Waals surface area contributed by atoms with Crippen LogP contribution in [0.5, 0.6) is 17.2 Å². The van der Waals surface area contributed by atoms with E-state index in [-0.39, 0.29) is 12.2 Å². The summed E-state index contributed by atoms with van der Waals surface area (Å²) >= 11 is 0. The van der Waals surface area contributed by atoms with Gasteiger partial charge in [0.25, 0.3) is 0 Å². The molecule has 6 aromatic rings. The lowest BCUT2D eigenvalue weighted by Gasteiger charge is -2.31. The summed E-state index contributed by atoms with van der Waals surface area (Å²) in [5.41, 5.74) is 5.31. The highest BCUT2D eigenvalue weighted by atomic mass is 16.5. The molecule has 3 N–H and O–H groups in total. The maximum atomic E-state index is 10.1. The minimum Gasteiger partial charge on any atom is -0.490 e. The van der Waals surface area contributed by atoms with Crippen LogP contribution in [0.15, 0.2) is 73.8 Å². The zero-order valence-corrected chi connectivity index (χ0v) is 40.8. The first-order valence-corrected chi connectivity index (χ1v) is 25.3. The number of nitrogens with one attached hydrogen (secondary N) is 2. The Kier molecular flexibility index (Phi) is 15.6. The summed E-state index contributed by atoms with van der Waals surface area (Å²) in [5.74, 6) is 4.18. The Labute approximate surface area is 414 Å². The largest absolute Gasteiger partial charge is 0.490 e. The minimum absolute atomic E-state index is 0.127. The van der Waals surface area contributed by atoms with Crippen LogP contribution in [0.1, 0.15) is 77.2 Å². The van der Waals surface area contributed by atoms with Crippen molar-refractivity contribution in [1.82, 2.24) is 39.9 Å². The lowest BCUT2D eigenvalue weighted by molar-refractivity contribution is -0.0401. The van der Waals surface area contributed by atoms with Crippen LogP contribution < -0.4 is 34.6 Å². The molecule has 0 atom stereocenters. The highest BCUT2D eigenvalue weighted by Crippen LogP contribution is 2.35. The summed E-state index contributed by atoms with van der Waals surface area (Å²) in [6, 6.07) is 9.02. The molecule has 4 aromatic heterocycles. The molecule has 19 nitrogen and oxygen atoms in total. The average Bonchev–Trinajstić information content (AvgIpc) is 3.39. The molecular formula is C52H66N12O7. The Morgan fingerprint density at radius 3 is 1.46 bits per heavy atom. The quantitative estimate of drug-likeness (QED) is 0.0971. The number of ether oxygens (including phenoxy) is 6. The molecular weight excluding hydrogens is 905 g/mol. The Morgan fingerprint density at radius 2 is 1.03 bits per heavy atom. The van der Waals surface area contributed by atoms with Crippen molar-refractivity contribution in [2.75, 3.05) is 92.9 Å². The van der Waals surface area contributed by atoms with Crippen LogP contribution in [-0.2, 0) is 19.8 Å². The van der Waals surface area contributed by atoms with Gasteiger partial charge in [0.15, 0.2) is 5.75 Å². The van der Waals surface area contributed by atoms with Gasteiger partial charge in [-0.25, -0.2) is 29.9 Å². The number of nitrogens with zero attached hydrogens (tertiary/aromatic N) is 10. The molecule has 376 valence electrons. The molecule has 0 radical (unpaired) electrons. The van der Waals surface area contributed by atoms with Crippen molar-refractivity contribution in [3.63, 3.8) is 0 Å². The second-order valence-electron chi connectivity index (χ2n) is 19.5. The van der Waals surface area contributed by atoms with Crippen LogP contribution in [-0.4, -0.2) is 142 Å². The Bertz CT molecular complexity index is 2630. The van der Waals surface area contributed by atoms with E-state index in [9.17, 15) is 5.11 Å². The lowest BCUT2D eigenvalue weighted by Crippen LogP contribution is -2.36. The van der Waals surface area contributed by atoms with Crippen molar-refractivity contribution in [3.05, 3.63) is 79.4 Å². The SMILES string of the molecule is CC(C)(O)c1cnc(NC2CCC(Oc3cc(N4CCOCC4)cc4nccnc34)CC2)nc1.c1cnc2c(OC3CCC(Nc4ncc(OCCC5COC5)cn4)CC3)cc(N3CCOCC3)cc2n1.